The Hall–Kier alpha value is -0.580. The van der Waals surface area contributed by atoms with Crippen LogP contribution in [0.25, 0.3) is 0 Å². The van der Waals surface area contributed by atoms with Crippen molar-refractivity contribution in [2.75, 3.05) is 13.1 Å². The lowest BCUT2D eigenvalue weighted by molar-refractivity contribution is 0.0708. The fourth-order valence-electron chi connectivity index (χ4n) is 2.20. The average Bonchev–Trinajstić information content (AvgIpc) is 2.32. The summed E-state index contributed by atoms with van der Waals surface area (Å²) in [5.41, 5.74) is 7.67. The molecular weight excluding hydrogens is 316 g/mol. The van der Waals surface area contributed by atoms with E-state index < -0.39 is 0 Å². The lowest BCUT2D eigenvalue weighted by Gasteiger charge is -2.31. The van der Waals surface area contributed by atoms with E-state index in [1.807, 2.05) is 30.0 Å². The molecule has 3 nitrogen and oxygen atoms in total. The molecule has 1 heterocycles. The lowest BCUT2D eigenvalue weighted by Crippen LogP contribution is -2.45. The molecule has 1 aliphatic heterocycles. The summed E-state index contributed by atoms with van der Waals surface area (Å²) in [7, 11) is 0. The van der Waals surface area contributed by atoms with E-state index in [1.54, 1.807) is 0 Å². The van der Waals surface area contributed by atoms with Gasteiger partial charge < -0.3 is 10.6 Å². The predicted molar refractivity (Wildman–Crippen MR) is 79.2 cm³/mol. The van der Waals surface area contributed by atoms with Gasteiger partial charge >= 0.3 is 0 Å². The van der Waals surface area contributed by atoms with Crippen molar-refractivity contribution in [2.45, 2.75) is 25.8 Å². The van der Waals surface area contributed by atoms with E-state index in [-0.39, 0.29) is 24.4 Å². The second-order valence-corrected chi connectivity index (χ2v) is 5.42. The van der Waals surface area contributed by atoms with Crippen LogP contribution < -0.4 is 5.73 Å². The maximum absolute atomic E-state index is 12.4. The van der Waals surface area contributed by atoms with Gasteiger partial charge in [0.05, 0.1) is 0 Å². The summed E-state index contributed by atoms with van der Waals surface area (Å²) < 4.78 is 0.977. The van der Waals surface area contributed by atoms with Crippen LogP contribution in [-0.4, -0.2) is 29.9 Å². The Kier molecular flexibility index (Phi) is 5.63. The van der Waals surface area contributed by atoms with Gasteiger partial charge in [0.15, 0.2) is 0 Å². The van der Waals surface area contributed by atoms with Gasteiger partial charge in [0.25, 0.3) is 5.91 Å². The highest BCUT2D eigenvalue weighted by Crippen LogP contribution is 2.22. The number of carbonyl (C=O) groups is 1. The molecule has 0 saturated carbocycles. The van der Waals surface area contributed by atoms with Crippen molar-refractivity contribution in [2.24, 2.45) is 5.73 Å². The third kappa shape index (κ3) is 3.25. The molecule has 0 aromatic heterocycles. The highest BCUT2D eigenvalue weighted by atomic mass is 79.9. The molecule has 1 atom stereocenters. The van der Waals surface area contributed by atoms with Gasteiger partial charge in [-0.1, -0.05) is 22.0 Å². The molecule has 1 amide bonds. The summed E-state index contributed by atoms with van der Waals surface area (Å²) in [6, 6.07) is 5.85. The summed E-state index contributed by atoms with van der Waals surface area (Å²) in [4.78, 5) is 14.2. The number of hydrogen-bond donors (Lipinski definition) is 1. The summed E-state index contributed by atoms with van der Waals surface area (Å²) in [5.74, 6) is 0.0963. The van der Waals surface area contributed by atoms with Gasteiger partial charge in [-0.25, -0.2) is 0 Å². The van der Waals surface area contributed by atoms with Crippen LogP contribution in [0.15, 0.2) is 22.7 Å². The zero-order chi connectivity index (χ0) is 12.4. The van der Waals surface area contributed by atoms with E-state index in [0.717, 1.165) is 35.0 Å². The van der Waals surface area contributed by atoms with Crippen molar-refractivity contribution < 1.29 is 4.79 Å². The molecule has 2 N–H and O–H groups in total. The molecule has 0 aliphatic carbocycles. The van der Waals surface area contributed by atoms with Crippen LogP contribution in [0, 0.1) is 6.92 Å². The quantitative estimate of drug-likeness (QED) is 0.859. The van der Waals surface area contributed by atoms with E-state index in [0.29, 0.717) is 6.54 Å². The van der Waals surface area contributed by atoms with Crippen LogP contribution in [0.4, 0.5) is 0 Å². The van der Waals surface area contributed by atoms with Crippen LogP contribution in [-0.2, 0) is 0 Å². The standard InChI is InChI=1S/C13H17BrN2O.ClH/c1-9-11(5-2-6-12(9)14)13(17)16-7-3-4-10(15)8-16;/h2,5-6,10H,3-4,7-8,15H2,1H3;1H. The van der Waals surface area contributed by atoms with Crippen molar-refractivity contribution >= 4 is 34.2 Å². The Morgan fingerprint density at radius 2 is 2.22 bits per heavy atom. The molecular formula is C13H18BrClN2O. The van der Waals surface area contributed by atoms with Crippen LogP contribution in [0.1, 0.15) is 28.8 Å². The Labute approximate surface area is 122 Å². The highest BCUT2D eigenvalue weighted by Gasteiger charge is 2.23. The average molecular weight is 334 g/mol. The number of rotatable bonds is 1. The van der Waals surface area contributed by atoms with Crippen molar-refractivity contribution in [3.8, 4) is 0 Å². The second-order valence-electron chi connectivity index (χ2n) is 4.57. The molecule has 1 unspecified atom stereocenters. The van der Waals surface area contributed by atoms with Gasteiger partial charge in [0, 0.05) is 29.2 Å². The summed E-state index contributed by atoms with van der Waals surface area (Å²) in [6.07, 6.45) is 2.02. The number of nitrogens with two attached hydrogens (primary N) is 1. The minimum atomic E-state index is 0. The monoisotopic (exact) mass is 332 g/mol. The van der Waals surface area contributed by atoms with E-state index in [4.69, 9.17) is 5.73 Å². The third-order valence-corrected chi connectivity index (χ3v) is 4.10. The zero-order valence-corrected chi connectivity index (χ0v) is 12.8. The van der Waals surface area contributed by atoms with Gasteiger partial charge in [-0.15, -0.1) is 12.4 Å². The summed E-state index contributed by atoms with van der Waals surface area (Å²) >= 11 is 3.45. The molecule has 1 fully saturated rings. The smallest absolute Gasteiger partial charge is 0.254 e. The first-order chi connectivity index (χ1) is 8.09. The van der Waals surface area contributed by atoms with Crippen LogP contribution in [0.5, 0.6) is 0 Å². The van der Waals surface area contributed by atoms with Gasteiger partial charge in [0.1, 0.15) is 0 Å². The molecule has 1 aromatic carbocycles. The van der Waals surface area contributed by atoms with Gasteiger partial charge in [-0.2, -0.15) is 0 Å². The SMILES string of the molecule is Cc1c(Br)cccc1C(=O)N1CCCC(N)C1.Cl. The number of halogens is 2. The van der Waals surface area contributed by atoms with Crippen LogP contribution >= 0.6 is 28.3 Å². The Morgan fingerprint density at radius 1 is 1.50 bits per heavy atom. The molecule has 0 bridgehead atoms. The van der Waals surface area contributed by atoms with Crippen molar-refractivity contribution in [3.63, 3.8) is 0 Å². The van der Waals surface area contributed by atoms with Gasteiger partial charge in [0.2, 0.25) is 0 Å². The topological polar surface area (TPSA) is 46.3 Å². The highest BCUT2D eigenvalue weighted by molar-refractivity contribution is 9.10. The normalized spacial score (nSPS) is 19.3. The van der Waals surface area contributed by atoms with Crippen LogP contribution in [0.3, 0.4) is 0 Å². The molecule has 100 valence electrons. The largest absolute Gasteiger partial charge is 0.337 e. The first-order valence-electron chi connectivity index (χ1n) is 5.89. The molecule has 5 heteroatoms. The van der Waals surface area contributed by atoms with E-state index in [2.05, 4.69) is 15.9 Å². The zero-order valence-electron chi connectivity index (χ0n) is 10.4. The van der Waals surface area contributed by atoms with E-state index in [1.165, 1.54) is 0 Å². The fraction of sp³-hybridized carbons (Fsp3) is 0.462. The van der Waals surface area contributed by atoms with Crippen molar-refractivity contribution in [3.05, 3.63) is 33.8 Å². The number of piperidine rings is 1. The number of carbonyl (C=O) groups excluding carboxylic acids is 1. The van der Waals surface area contributed by atoms with Crippen molar-refractivity contribution in [1.29, 1.82) is 0 Å². The van der Waals surface area contributed by atoms with E-state index in [9.17, 15) is 4.79 Å². The number of amides is 1. The molecule has 1 aliphatic rings. The first kappa shape index (κ1) is 15.5. The molecule has 0 radical (unpaired) electrons. The molecule has 2 rings (SSSR count). The van der Waals surface area contributed by atoms with Crippen LogP contribution in [0.2, 0.25) is 0 Å². The minimum absolute atomic E-state index is 0. The van der Waals surface area contributed by atoms with Gasteiger partial charge in [-0.05, 0) is 37.5 Å². The Bertz CT molecular complexity index is 439. The third-order valence-electron chi connectivity index (χ3n) is 3.24. The Balaban J connectivity index is 0.00000162. The van der Waals surface area contributed by atoms with Gasteiger partial charge in [-0.3, -0.25) is 4.79 Å². The van der Waals surface area contributed by atoms with Crippen molar-refractivity contribution in [1.82, 2.24) is 4.90 Å². The number of hydrogen-bond acceptors (Lipinski definition) is 2. The minimum Gasteiger partial charge on any atom is -0.337 e. The maximum atomic E-state index is 12.4. The molecule has 0 spiro atoms. The number of likely N-dealkylation sites (tertiary alicyclic amines) is 1. The lowest BCUT2D eigenvalue weighted by atomic mass is 10.0. The predicted octanol–water partition coefficient (Wildman–Crippen LogP) is 2.74. The molecule has 1 aromatic rings. The summed E-state index contributed by atoms with van der Waals surface area (Å²) in [5, 5.41) is 0. The van der Waals surface area contributed by atoms with E-state index >= 15 is 0 Å². The Morgan fingerprint density at radius 3 is 2.89 bits per heavy atom. The first-order valence-corrected chi connectivity index (χ1v) is 6.69. The fourth-order valence-corrected chi connectivity index (χ4v) is 2.57. The molecule has 1 saturated heterocycles. The molecule has 18 heavy (non-hydrogen) atoms. The summed E-state index contributed by atoms with van der Waals surface area (Å²) in [6.45, 7) is 3.45. The number of nitrogens with zero attached hydrogens (tertiary/aromatic N) is 1. The number of benzene rings is 1. The maximum Gasteiger partial charge on any atom is 0.254 e. The second kappa shape index (κ2) is 6.55.